The molecule has 1 atom stereocenters. The molecule has 4 N–H and O–H groups in total. The van der Waals surface area contributed by atoms with Gasteiger partial charge in [-0.1, -0.05) is 19.3 Å². The van der Waals surface area contributed by atoms with E-state index in [4.69, 9.17) is 15.3 Å². The maximum Gasteiger partial charge on any atom is 0.326 e. The van der Waals surface area contributed by atoms with Gasteiger partial charge in [0, 0.05) is 12.6 Å². The molecule has 1 saturated carbocycles. The molecule has 0 bridgehead atoms. The second kappa shape index (κ2) is 8.46. The summed E-state index contributed by atoms with van der Waals surface area (Å²) in [5.41, 5.74) is 0. The van der Waals surface area contributed by atoms with E-state index in [2.05, 4.69) is 5.32 Å². The minimum atomic E-state index is -1.47. The molecule has 0 unspecified atom stereocenters. The second-order valence-electron chi connectivity index (χ2n) is 5.15. The first-order chi connectivity index (χ1) is 9.95. The highest BCUT2D eigenvalue weighted by atomic mass is 16.4. The Morgan fingerprint density at radius 3 is 2.24 bits per heavy atom. The van der Waals surface area contributed by atoms with Crippen molar-refractivity contribution in [2.45, 2.75) is 50.6 Å². The molecule has 120 valence electrons. The summed E-state index contributed by atoms with van der Waals surface area (Å²) >= 11 is 0. The van der Waals surface area contributed by atoms with Crippen LogP contribution in [0.4, 0.5) is 4.79 Å². The second-order valence-corrected chi connectivity index (χ2v) is 5.15. The van der Waals surface area contributed by atoms with E-state index in [9.17, 15) is 14.4 Å². The molecular weight excluding hydrogens is 280 g/mol. The van der Waals surface area contributed by atoms with Crippen molar-refractivity contribution in [1.29, 1.82) is 0 Å². The molecule has 1 fully saturated rings. The Morgan fingerprint density at radius 1 is 1.14 bits per heavy atom. The summed E-state index contributed by atoms with van der Waals surface area (Å²) in [6, 6.07) is -2.14. The third-order valence-electron chi connectivity index (χ3n) is 3.59. The van der Waals surface area contributed by atoms with Crippen molar-refractivity contribution in [1.82, 2.24) is 10.2 Å². The van der Waals surface area contributed by atoms with Crippen LogP contribution >= 0.6 is 0 Å². The molecule has 8 heteroatoms. The van der Waals surface area contributed by atoms with Gasteiger partial charge in [0.1, 0.15) is 6.04 Å². The Labute approximate surface area is 122 Å². The lowest BCUT2D eigenvalue weighted by Crippen LogP contribution is -2.53. The normalized spacial score (nSPS) is 17.0. The van der Waals surface area contributed by atoms with Gasteiger partial charge < -0.3 is 25.5 Å². The third-order valence-corrected chi connectivity index (χ3v) is 3.59. The molecular formula is C13H22N2O6. The van der Waals surface area contributed by atoms with Crippen LogP contribution in [0.1, 0.15) is 38.5 Å². The number of aliphatic carboxylic acids is 2. The summed E-state index contributed by atoms with van der Waals surface area (Å²) in [5.74, 6) is -2.69. The summed E-state index contributed by atoms with van der Waals surface area (Å²) in [4.78, 5) is 35.2. The lowest BCUT2D eigenvalue weighted by molar-refractivity contribution is -0.145. The number of hydrogen-bond donors (Lipinski definition) is 4. The lowest BCUT2D eigenvalue weighted by Gasteiger charge is -2.34. The van der Waals surface area contributed by atoms with Crippen molar-refractivity contribution in [3.05, 3.63) is 0 Å². The van der Waals surface area contributed by atoms with Gasteiger partial charge in [0.2, 0.25) is 0 Å². The smallest absolute Gasteiger partial charge is 0.326 e. The third kappa shape index (κ3) is 5.58. The number of carbonyl (C=O) groups excluding carboxylic acids is 1. The zero-order valence-electron chi connectivity index (χ0n) is 11.8. The zero-order chi connectivity index (χ0) is 15.8. The van der Waals surface area contributed by atoms with E-state index in [-0.39, 0.29) is 19.2 Å². The van der Waals surface area contributed by atoms with Gasteiger partial charge in [-0.3, -0.25) is 4.79 Å². The summed E-state index contributed by atoms with van der Waals surface area (Å²) in [5, 5.41) is 28.9. The molecule has 0 aromatic rings. The highest BCUT2D eigenvalue weighted by molar-refractivity contribution is 5.86. The molecule has 21 heavy (non-hydrogen) atoms. The van der Waals surface area contributed by atoms with Gasteiger partial charge >= 0.3 is 18.0 Å². The van der Waals surface area contributed by atoms with Crippen molar-refractivity contribution >= 4 is 18.0 Å². The van der Waals surface area contributed by atoms with E-state index in [1.807, 2.05) is 0 Å². The van der Waals surface area contributed by atoms with Crippen LogP contribution in [0, 0.1) is 0 Å². The maximum absolute atomic E-state index is 12.2. The van der Waals surface area contributed by atoms with Crippen LogP contribution in [-0.4, -0.2) is 63.4 Å². The molecule has 0 aromatic carbocycles. The SMILES string of the molecule is O=C(O)C[C@H](NC(=O)N(CCO)C1CCCCC1)C(=O)O. The number of aliphatic hydroxyl groups is 1. The maximum atomic E-state index is 12.2. The Balaban J connectivity index is 2.69. The Morgan fingerprint density at radius 2 is 1.76 bits per heavy atom. The molecule has 1 aliphatic carbocycles. The van der Waals surface area contributed by atoms with Gasteiger partial charge in [-0.2, -0.15) is 0 Å². The highest BCUT2D eigenvalue weighted by Crippen LogP contribution is 2.22. The van der Waals surface area contributed by atoms with Crippen molar-refractivity contribution in [2.24, 2.45) is 0 Å². The molecule has 0 radical (unpaired) electrons. The predicted octanol–water partition coefficient (Wildman–Crippen LogP) is 0.251. The zero-order valence-corrected chi connectivity index (χ0v) is 11.8. The minimum absolute atomic E-state index is 0.0369. The predicted molar refractivity (Wildman–Crippen MR) is 72.9 cm³/mol. The number of carbonyl (C=O) groups is 3. The van der Waals surface area contributed by atoms with Crippen LogP contribution in [0.3, 0.4) is 0 Å². The fourth-order valence-electron chi connectivity index (χ4n) is 2.56. The summed E-state index contributed by atoms with van der Waals surface area (Å²) in [6.07, 6.45) is 4.00. The minimum Gasteiger partial charge on any atom is -0.481 e. The standard InChI is InChI=1S/C13H22N2O6/c16-7-6-15(9-4-2-1-3-5-9)13(21)14-10(12(19)20)8-11(17)18/h9-10,16H,1-8H2,(H,14,21)(H,17,18)(H,19,20)/t10-/m0/s1. The number of urea groups is 1. The van der Waals surface area contributed by atoms with Crippen LogP contribution < -0.4 is 5.32 Å². The number of nitrogens with zero attached hydrogens (tertiary/aromatic N) is 1. The van der Waals surface area contributed by atoms with Crippen LogP contribution in [0.2, 0.25) is 0 Å². The van der Waals surface area contributed by atoms with Crippen LogP contribution in [0.25, 0.3) is 0 Å². The number of hydrogen-bond acceptors (Lipinski definition) is 4. The van der Waals surface area contributed by atoms with Crippen molar-refractivity contribution in [3.8, 4) is 0 Å². The Bertz CT molecular complexity index is 381. The number of nitrogens with one attached hydrogen (secondary N) is 1. The van der Waals surface area contributed by atoms with Gasteiger partial charge in [-0.05, 0) is 12.8 Å². The van der Waals surface area contributed by atoms with Gasteiger partial charge in [0.05, 0.1) is 13.0 Å². The fraction of sp³-hybridized carbons (Fsp3) is 0.769. The Kier molecular flexibility index (Phi) is 6.93. The lowest BCUT2D eigenvalue weighted by atomic mass is 9.94. The average Bonchev–Trinajstić information content (AvgIpc) is 2.44. The number of rotatable bonds is 7. The molecule has 1 rings (SSSR count). The molecule has 8 nitrogen and oxygen atoms in total. The molecule has 0 aliphatic heterocycles. The van der Waals surface area contributed by atoms with E-state index in [0.717, 1.165) is 32.1 Å². The highest BCUT2D eigenvalue weighted by Gasteiger charge is 2.29. The van der Waals surface area contributed by atoms with E-state index < -0.39 is 30.4 Å². The molecule has 0 spiro atoms. The van der Waals surface area contributed by atoms with Gasteiger partial charge in [-0.15, -0.1) is 0 Å². The first-order valence-electron chi connectivity index (χ1n) is 7.08. The van der Waals surface area contributed by atoms with Gasteiger partial charge in [0.15, 0.2) is 0 Å². The van der Waals surface area contributed by atoms with Crippen LogP contribution in [0.15, 0.2) is 0 Å². The topological polar surface area (TPSA) is 127 Å². The first-order valence-corrected chi connectivity index (χ1v) is 7.08. The van der Waals surface area contributed by atoms with Gasteiger partial charge in [-0.25, -0.2) is 9.59 Å². The van der Waals surface area contributed by atoms with Crippen molar-refractivity contribution < 1.29 is 29.7 Å². The largest absolute Gasteiger partial charge is 0.481 e. The number of aliphatic hydroxyl groups excluding tert-OH is 1. The molecule has 0 saturated heterocycles. The number of amides is 2. The van der Waals surface area contributed by atoms with E-state index in [0.29, 0.717) is 0 Å². The van der Waals surface area contributed by atoms with E-state index >= 15 is 0 Å². The first kappa shape index (κ1) is 17.2. The van der Waals surface area contributed by atoms with E-state index in [1.165, 1.54) is 4.90 Å². The molecule has 2 amide bonds. The quantitative estimate of drug-likeness (QED) is 0.534. The fourth-order valence-corrected chi connectivity index (χ4v) is 2.56. The Hall–Kier alpha value is -1.83. The van der Waals surface area contributed by atoms with Crippen molar-refractivity contribution in [3.63, 3.8) is 0 Å². The summed E-state index contributed by atoms with van der Waals surface area (Å²) < 4.78 is 0. The number of carboxylic acids is 2. The van der Waals surface area contributed by atoms with Crippen LogP contribution in [0.5, 0.6) is 0 Å². The molecule has 1 aliphatic rings. The average molecular weight is 302 g/mol. The summed E-state index contributed by atoms with van der Waals surface area (Å²) in [7, 11) is 0. The number of carboxylic acid groups (broad SMARTS) is 2. The summed E-state index contributed by atoms with van der Waals surface area (Å²) in [6.45, 7) is -0.115. The molecule has 0 aromatic heterocycles. The molecule has 0 heterocycles. The monoisotopic (exact) mass is 302 g/mol. The van der Waals surface area contributed by atoms with Gasteiger partial charge in [0.25, 0.3) is 0 Å². The van der Waals surface area contributed by atoms with Crippen molar-refractivity contribution in [2.75, 3.05) is 13.2 Å². The van der Waals surface area contributed by atoms with Crippen LogP contribution in [-0.2, 0) is 9.59 Å². The van der Waals surface area contributed by atoms with E-state index in [1.54, 1.807) is 0 Å².